The predicted molar refractivity (Wildman–Crippen MR) is 66.0 cm³/mol. The van der Waals surface area contributed by atoms with Crippen LogP contribution in [0.15, 0.2) is 18.2 Å². The van der Waals surface area contributed by atoms with Crippen LogP contribution in [0.4, 0.5) is 11.4 Å². The van der Waals surface area contributed by atoms with Gasteiger partial charge in [-0.3, -0.25) is 14.9 Å². The first kappa shape index (κ1) is 13.0. The molecule has 0 radical (unpaired) electrons. The van der Waals surface area contributed by atoms with Crippen molar-refractivity contribution in [1.29, 1.82) is 0 Å². The maximum absolute atomic E-state index is 11.7. The summed E-state index contributed by atoms with van der Waals surface area (Å²) in [7, 11) is 0. The molecule has 7 nitrogen and oxygen atoms in total. The Morgan fingerprint density at radius 3 is 2.53 bits per heavy atom. The summed E-state index contributed by atoms with van der Waals surface area (Å²) in [6.45, 7) is 0. The molecule has 0 heterocycles. The van der Waals surface area contributed by atoms with Crippen molar-refractivity contribution in [1.82, 2.24) is 0 Å². The second-order valence-corrected chi connectivity index (χ2v) is 4.41. The van der Waals surface area contributed by atoms with Gasteiger partial charge in [-0.25, -0.2) is 4.79 Å². The molecule has 0 unspecified atom stereocenters. The number of carbonyl (C=O) groups is 2. The maximum Gasteiger partial charge on any atom is 0.342 e. The Morgan fingerprint density at radius 1 is 1.37 bits per heavy atom. The highest BCUT2D eigenvalue weighted by molar-refractivity contribution is 5.96. The molecule has 100 valence electrons. The number of rotatable bonds is 4. The first-order valence-electron chi connectivity index (χ1n) is 5.81. The number of hydrogen-bond acceptors (Lipinski definition) is 4. The van der Waals surface area contributed by atoms with Crippen LogP contribution >= 0.6 is 0 Å². The minimum absolute atomic E-state index is 0.0433. The highest BCUT2D eigenvalue weighted by atomic mass is 16.6. The minimum atomic E-state index is -1.37. The molecule has 1 aromatic rings. The Labute approximate surface area is 108 Å². The molecule has 2 N–H and O–H groups in total. The summed E-state index contributed by atoms with van der Waals surface area (Å²) in [5, 5.41) is 22.2. The van der Waals surface area contributed by atoms with Gasteiger partial charge >= 0.3 is 5.97 Å². The molecule has 1 aliphatic rings. The highest BCUT2D eigenvalue weighted by Gasteiger charge is 2.26. The Morgan fingerprint density at radius 2 is 2.05 bits per heavy atom. The molecule has 1 saturated carbocycles. The number of carboxylic acids is 1. The van der Waals surface area contributed by atoms with Gasteiger partial charge in [0, 0.05) is 17.7 Å². The van der Waals surface area contributed by atoms with Crippen molar-refractivity contribution >= 4 is 23.3 Å². The van der Waals surface area contributed by atoms with Crippen molar-refractivity contribution in [3.8, 4) is 0 Å². The fourth-order valence-electron chi connectivity index (χ4n) is 1.86. The first-order chi connectivity index (χ1) is 8.99. The Bertz CT molecular complexity index is 551. The lowest BCUT2D eigenvalue weighted by Crippen LogP contribution is -2.28. The highest BCUT2D eigenvalue weighted by Crippen LogP contribution is 2.29. The maximum atomic E-state index is 11.7. The number of amides is 1. The molecule has 0 aromatic heterocycles. The number of anilines is 1. The van der Waals surface area contributed by atoms with Crippen molar-refractivity contribution in [2.75, 3.05) is 5.32 Å². The van der Waals surface area contributed by atoms with Crippen LogP contribution in [0.5, 0.6) is 0 Å². The number of nitrogens with zero attached hydrogens (tertiary/aromatic N) is 1. The third-order valence-electron chi connectivity index (χ3n) is 3.17. The van der Waals surface area contributed by atoms with E-state index in [2.05, 4.69) is 5.32 Å². The van der Waals surface area contributed by atoms with Crippen LogP contribution < -0.4 is 5.32 Å². The van der Waals surface area contributed by atoms with Crippen molar-refractivity contribution in [2.45, 2.75) is 19.3 Å². The lowest BCUT2D eigenvalue weighted by atomic mass is 9.85. The van der Waals surface area contributed by atoms with Gasteiger partial charge in [0.15, 0.2) is 0 Å². The molecule has 1 fully saturated rings. The van der Waals surface area contributed by atoms with Crippen LogP contribution in [0.2, 0.25) is 0 Å². The molecule has 1 aliphatic carbocycles. The van der Waals surface area contributed by atoms with Gasteiger partial charge in [0.2, 0.25) is 5.91 Å². The van der Waals surface area contributed by atoms with E-state index in [1.54, 1.807) is 0 Å². The van der Waals surface area contributed by atoms with Gasteiger partial charge in [-0.05, 0) is 25.0 Å². The lowest BCUT2D eigenvalue weighted by Gasteiger charge is -2.23. The molecule has 0 bridgehead atoms. The lowest BCUT2D eigenvalue weighted by molar-refractivity contribution is -0.385. The van der Waals surface area contributed by atoms with E-state index in [4.69, 9.17) is 5.11 Å². The number of carbonyl (C=O) groups excluding carboxylic acids is 1. The minimum Gasteiger partial charge on any atom is -0.477 e. The second kappa shape index (κ2) is 5.05. The zero-order valence-electron chi connectivity index (χ0n) is 9.96. The topological polar surface area (TPSA) is 110 Å². The van der Waals surface area contributed by atoms with Crippen molar-refractivity contribution in [3.63, 3.8) is 0 Å². The van der Waals surface area contributed by atoms with E-state index in [1.165, 1.54) is 6.07 Å². The molecule has 0 aliphatic heterocycles. The normalized spacial score (nSPS) is 14.5. The summed E-state index contributed by atoms with van der Waals surface area (Å²) in [6.07, 6.45) is 2.65. The van der Waals surface area contributed by atoms with Gasteiger partial charge in [-0.15, -0.1) is 0 Å². The van der Waals surface area contributed by atoms with Crippen LogP contribution in [0, 0.1) is 16.0 Å². The fourth-order valence-corrected chi connectivity index (χ4v) is 1.86. The van der Waals surface area contributed by atoms with E-state index >= 15 is 0 Å². The summed E-state index contributed by atoms with van der Waals surface area (Å²) in [6, 6.07) is 3.55. The van der Waals surface area contributed by atoms with E-state index in [-0.39, 0.29) is 17.5 Å². The number of nitro benzene ring substituents is 1. The first-order valence-corrected chi connectivity index (χ1v) is 5.81. The van der Waals surface area contributed by atoms with Gasteiger partial charge in [0.05, 0.1) is 4.92 Å². The Balaban J connectivity index is 2.22. The van der Waals surface area contributed by atoms with Gasteiger partial charge in [0.25, 0.3) is 5.69 Å². The molecule has 0 saturated heterocycles. The summed E-state index contributed by atoms with van der Waals surface area (Å²) in [4.78, 5) is 32.5. The molecule has 7 heteroatoms. The average Bonchev–Trinajstić information content (AvgIpc) is 2.25. The molecule has 1 aromatic carbocycles. The molecule has 2 rings (SSSR count). The third-order valence-corrected chi connectivity index (χ3v) is 3.17. The number of hydrogen-bond donors (Lipinski definition) is 2. The number of benzene rings is 1. The number of carboxylic acid groups (broad SMARTS) is 1. The van der Waals surface area contributed by atoms with Crippen molar-refractivity contribution in [3.05, 3.63) is 33.9 Å². The number of aromatic carboxylic acids is 1. The van der Waals surface area contributed by atoms with Gasteiger partial charge < -0.3 is 10.4 Å². The number of nitro groups is 1. The van der Waals surface area contributed by atoms with Crippen LogP contribution in [-0.2, 0) is 4.79 Å². The predicted octanol–water partition coefficient (Wildman–Crippen LogP) is 2.03. The van der Waals surface area contributed by atoms with Gasteiger partial charge in [-0.2, -0.15) is 0 Å². The summed E-state index contributed by atoms with van der Waals surface area (Å²) >= 11 is 0. The van der Waals surface area contributed by atoms with E-state index in [9.17, 15) is 19.7 Å². The van der Waals surface area contributed by atoms with Crippen LogP contribution in [0.3, 0.4) is 0 Å². The quantitative estimate of drug-likeness (QED) is 0.638. The Hall–Kier alpha value is -2.44. The molecular formula is C12H12N2O5. The number of nitrogens with one attached hydrogen (secondary N) is 1. The van der Waals surface area contributed by atoms with Crippen LogP contribution in [-0.4, -0.2) is 21.9 Å². The smallest absolute Gasteiger partial charge is 0.342 e. The molecule has 0 atom stereocenters. The van der Waals surface area contributed by atoms with Crippen LogP contribution in [0.1, 0.15) is 29.6 Å². The van der Waals surface area contributed by atoms with E-state index in [0.717, 1.165) is 31.4 Å². The summed E-state index contributed by atoms with van der Waals surface area (Å²) in [5.41, 5.74) is -0.681. The zero-order valence-corrected chi connectivity index (χ0v) is 9.96. The second-order valence-electron chi connectivity index (χ2n) is 4.41. The van der Waals surface area contributed by atoms with E-state index in [0.29, 0.717) is 0 Å². The molecule has 0 spiro atoms. The van der Waals surface area contributed by atoms with E-state index < -0.39 is 22.1 Å². The SMILES string of the molecule is O=C(O)c1ccc(NC(=O)C2CCC2)cc1[N+](=O)[O-]. The standard InChI is InChI=1S/C12H12N2O5/c15-11(7-2-1-3-7)13-8-4-5-9(12(16)17)10(6-8)14(18)19/h4-7H,1-3H2,(H,13,15)(H,16,17). The van der Waals surface area contributed by atoms with E-state index in [1.807, 2.05) is 0 Å². The van der Waals surface area contributed by atoms with Crippen molar-refractivity contribution < 1.29 is 19.6 Å². The fraction of sp³-hybridized carbons (Fsp3) is 0.333. The summed E-state index contributed by atoms with van der Waals surface area (Å²) in [5.74, 6) is -1.59. The zero-order chi connectivity index (χ0) is 14.0. The Kier molecular flexibility index (Phi) is 3.46. The molecular weight excluding hydrogens is 252 g/mol. The summed E-state index contributed by atoms with van der Waals surface area (Å²) < 4.78 is 0. The largest absolute Gasteiger partial charge is 0.477 e. The molecule has 19 heavy (non-hydrogen) atoms. The monoisotopic (exact) mass is 264 g/mol. The van der Waals surface area contributed by atoms with Gasteiger partial charge in [-0.1, -0.05) is 6.42 Å². The third kappa shape index (κ3) is 2.70. The van der Waals surface area contributed by atoms with Crippen molar-refractivity contribution in [2.24, 2.45) is 5.92 Å². The average molecular weight is 264 g/mol. The van der Waals surface area contributed by atoms with Crippen LogP contribution in [0.25, 0.3) is 0 Å². The van der Waals surface area contributed by atoms with Gasteiger partial charge in [0.1, 0.15) is 5.56 Å². The molecule has 1 amide bonds.